The van der Waals surface area contributed by atoms with Crippen molar-refractivity contribution in [1.82, 2.24) is 19.0 Å². The number of rotatable bonds is 4. The Morgan fingerprint density at radius 3 is 2.50 bits per heavy atom. The first kappa shape index (κ1) is 20.3. The summed E-state index contributed by atoms with van der Waals surface area (Å²) in [6.45, 7) is -1.32. The Bertz CT molecular complexity index is 777. The van der Waals surface area contributed by atoms with Crippen LogP contribution in [0.25, 0.3) is 0 Å². The van der Waals surface area contributed by atoms with E-state index in [0.29, 0.717) is 0 Å². The lowest BCUT2D eigenvalue weighted by Gasteiger charge is -2.23. The molecule has 1 aliphatic rings. The molecule has 1 aliphatic heterocycles. The Kier molecular flexibility index (Phi) is 5.42. The molecule has 0 saturated carbocycles. The molecule has 0 aromatic carbocycles. The maximum Gasteiger partial charge on any atom is 0.394 e. The van der Waals surface area contributed by atoms with Gasteiger partial charge in [-0.05, 0) is 0 Å². The van der Waals surface area contributed by atoms with E-state index >= 15 is 0 Å². The Labute approximate surface area is 148 Å². The Morgan fingerprint density at radius 1 is 1.38 bits per heavy atom. The van der Waals surface area contributed by atoms with E-state index in [4.69, 9.17) is 4.74 Å². The molecule has 1 fully saturated rings. The predicted molar refractivity (Wildman–Crippen MR) is 86.3 cm³/mol. The van der Waals surface area contributed by atoms with Crippen molar-refractivity contribution in [1.29, 1.82) is 0 Å². The van der Waals surface area contributed by atoms with Crippen LogP contribution >= 0.6 is 0 Å². The quantitative estimate of drug-likeness (QED) is 0.805. The number of carbonyl (C=O) groups is 1. The van der Waals surface area contributed by atoms with Gasteiger partial charge in [0.05, 0.1) is 19.2 Å². The first-order valence-electron chi connectivity index (χ1n) is 7.49. The minimum atomic E-state index is -4.76. The van der Waals surface area contributed by atoms with E-state index in [0.717, 1.165) is 23.3 Å². The van der Waals surface area contributed by atoms with Crippen molar-refractivity contribution in [2.24, 2.45) is 13.0 Å². The number of aryl methyl sites for hydroxylation is 1. The number of carbonyl (C=O) groups excluding carboxylic acids is 1. The number of nitrogens with one attached hydrogen (secondary N) is 1. The lowest BCUT2D eigenvalue weighted by Crippen LogP contribution is -2.43. The third-order valence-corrected chi connectivity index (χ3v) is 6.36. The highest BCUT2D eigenvalue weighted by Crippen LogP contribution is 2.38. The molecule has 0 bridgehead atoms. The summed E-state index contributed by atoms with van der Waals surface area (Å²) >= 11 is 0. The lowest BCUT2D eigenvalue weighted by atomic mass is 10.1. The summed E-state index contributed by atoms with van der Waals surface area (Å²) < 4.78 is 71.5. The number of sulfonamides is 1. The summed E-state index contributed by atoms with van der Waals surface area (Å²) in [5.41, 5.74) is 0.169. The van der Waals surface area contributed by atoms with Crippen molar-refractivity contribution in [2.75, 3.05) is 39.6 Å². The van der Waals surface area contributed by atoms with Crippen molar-refractivity contribution in [2.45, 2.75) is 11.4 Å². The Hall–Kier alpha value is -2.02. The highest BCUT2D eigenvalue weighted by molar-refractivity contribution is 7.89. The molecule has 148 valence electrons. The Balaban J connectivity index is 2.24. The minimum Gasteiger partial charge on any atom is -0.478 e. The molecule has 0 radical (unpaired) electrons. The van der Waals surface area contributed by atoms with E-state index < -0.39 is 46.5 Å². The number of aromatic nitrogens is 2. The number of hydrogen-bond acceptors (Lipinski definition) is 5. The fourth-order valence-electron chi connectivity index (χ4n) is 2.73. The second kappa shape index (κ2) is 6.95. The van der Waals surface area contributed by atoms with Crippen LogP contribution in [-0.4, -0.2) is 79.2 Å². The number of hydrogen-bond donors (Lipinski definition) is 1. The molecule has 1 aromatic rings. The molecule has 1 aromatic heterocycles. The number of urea groups is 1. The monoisotopic (exact) mass is 399 g/mol. The third-order valence-electron chi connectivity index (χ3n) is 4.10. The molecular formula is C13H20F3N5O4S. The topological polar surface area (TPSA) is 96.8 Å². The molecule has 2 heterocycles. The van der Waals surface area contributed by atoms with Crippen LogP contribution < -0.4 is 10.1 Å². The zero-order chi connectivity index (χ0) is 19.9. The number of likely N-dealkylation sites (tertiary alicyclic amines) is 1. The van der Waals surface area contributed by atoms with Gasteiger partial charge in [0.1, 0.15) is 10.9 Å². The van der Waals surface area contributed by atoms with Gasteiger partial charge in [-0.25, -0.2) is 17.5 Å². The molecular weight excluding hydrogens is 379 g/mol. The maximum absolute atomic E-state index is 13.3. The molecule has 2 atom stereocenters. The van der Waals surface area contributed by atoms with Gasteiger partial charge in [0, 0.05) is 34.2 Å². The third kappa shape index (κ3) is 3.87. The van der Waals surface area contributed by atoms with Crippen molar-refractivity contribution in [3.05, 3.63) is 6.20 Å². The molecule has 0 aliphatic carbocycles. The Morgan fingerprint density at radius 2 is 2.00 bits per heavy atom. The summed E-state index contributed by atoms with van der Waals surface area (Å²) in [6.07, 6.45) is -3.34. The standard InChI is InChI=1S/C13H20F3N5O4S/c1-19(2)26(23,24)10-7-21(5-8(10)13(14,15)16)12(22)17-9-6-20(3)18-11(9)25-4/h6,8,10H,5,7H2,1-4H3,(H,17,22)/t8-,10-/m0/s1. The zero-order valence-electron chi connectivity index (χ0n) is 14.6. The molecule has 9 nitrogen and oxygen atoms in total. The van der Waals surface area contributed by atoms with Crippen LogP contribution in [0.15, 0.2) is 6.20 Å². The molecule has 13 heteroatoms. The number of anilines is 1. The van der Waals surface area contributed by atoms with Crippen molar-refractivity contribution < 1.29 is 31.1 Å². The van der Waals surface area contributed by atoms with Gasteiger partial charge in [-0.1, -0.05) is 0 Å². The maximum atomic E-state index is 13.3. The van der Waals surface area contributed by atoms with Gasteiger partial charge in [0.2, 0.25) is 10.0 Å². The van der Waals surface area contributed by atoms with Crippen molar-refractivity contribution in [3.63, 3.8) is 0 Å². The SMILES string of the molecule is COc1nn(C)cc1NC(=O)N1C[C@H](C(F)(F)F)[C@@H](S(=O)(=O)N(C)C)C1. The predicted octanol–water partition coefficient (Wildman–Crippen LogP) is 0.715. The van der Waals surface area contributed by atoms with Crippen LogP contribution in [0.2, 0.25) is 0 Å². The molecule has 2 amide bonds. The van der Waals surface area contributed by atoms with Crippen LogP contribution in [0, 0.1) is 5.92 Å². The van der Waals surface area contributed by atoms with Crippen LogP contribution in [0.1, 0.15) is 0 Å². The molecule has 0 spiro atoms. The first-order valence-corrected chi connectivity index (χ1v) is 8.99. The summed E-state index contributed by atoms with van der Waals surface area (Å²) in [6, 6.07) is -0.859. The summed E-state index contributed by atoms with van der Waals surface area (Å²) in [5.74, 6) is -2.08. The summed E-state index contributed by atoms with van der Waals surface area (Å²) in [4.78, 5) is 13.2. The van der Waals surface area contributed by atoms with Gasteiger partial charge in [0.25, 0.3) is 5.88 Å². The fraction of sp³-hybridized carbons (Fsp3) is 0.692. The second-order valence-electron chi connectivity index (χ2n) is 6.07. The molecule has 2 rings (SSSR count). The normalized spacial score (nSPS) is 21.3. The summed E-state index contributed by atoms with van der Waals surface area (Å²) in [5, 5.41) is 4.55. The number of amides is 2. The smallest absolute Gasteiger partial charge is 0.394 e. The van der Waals surface area contributed by atoms with Crippen molar-refractivity contribution >= 4 is 21.7 Å². The molecule has 26 heavy (non-hydrogen) atoms. The van der Waals surface area contributed by atoms with E-state index in [1.807, 2.05) is 0 Å². The van der Waals surface area contributed by atoms with Gasteiger partial charge < -0.3 is 15.0 Å². The van der Waals surface area contributed by atoms with E-state index in [9.17, 15) is 26.4 Å². The number of halogens is 3. The average molecular weight is 399 g/mol. The molecule has 1 saturated heterocycles. The van der Waals surface area contributed by atoms with Crippen LogP contribution in [0.3, 0.4) is 0 Å². The summed E-state index contributed by atoms with van der Waals surface area (Å²) in [7, 11) is 1.01. The van der Waals surface area contributed by atoms with E-state index in [2.05, 4.69) is 10.4 Å². The van der Waals surface area contributed by atoms with Gasteiger partial charge >= 0.3 is 12.2 Å². The van der Waals surface area contributed by atoms with Crippen molar-refractivity contribution in [3.8, 4) is 5.88 Å². The van der Waals surface area contributed by atoms with Gasteiger partial charge in [-0.3, -0.25) is 4.68 Å². The number of alkyl halides is 3. The van der Waals surface area contributed by atoms with E-state index in [1.165, 1.54) is 18.0 Å². The van der Waals surface area contributed by atoms with Crippen LogP contribution in [0.5, 0.6) is 5.88 Å². The second-order valence-corrected chi connectivity index (χ2v) is 8.44. The highest BCUT2D eigenvalue weighted by Gasteiger charge is 2.56. The number of ether oxygens (including phenoxy) is 1. The van der Waals surface area contributed by atoms with Gasteiger partial charge in [-0.2, -0.15) is 13.2 Å². The fourth-order valence-corrected chi connectivity index (χ4v) is 4.29. The van der Waals surface area contributed by atoms with Gasteiger partial charge in [-0.15, -0.1) is 5.10 Å². The average Bonchev–Trinajstić information content (AvgIpc) is 3.10. The van der Waals surface area contributed by atoms with E-state index in [-0.39, 0.29) is 11.6 Å². The first-order chi connectivity index (χ1) is 11.9. The van der Waals surface area contributed by atoms with E-state index in [1.54, 1.807) is 7.05 Å². The molecule has 1 N–H and O–H groups in total. The van der Waals surface area contributed by atoms with Gasteiger partial charge in [0.15, 0.2) is 0 Å². The van der Waals surface area contributed by atoms with Crippen LogP contribution in [-0.2, 0) is 17.1 Å². The largest absolute Gasteiger partial charge is 0.478 e. The number of methoxy groups -OCH3 is 1. The highest BCUT2D eigenvalue weighted by atomic mass is 32.2. The zero-order valence-corrected chi connectivity index (χ0v) is 15.4. The number of nitrogens with zero attached hydrogens (tertiary/aromatic N) is 4. The van der Waals surface area contributed by atoms with Crippen LogP contribution in [0.4, 0.5) is 23.7 Å². The molecule has 0 unspecified atom stereocenters. The lowest BCUT2D eigenvalue weighted by molar-refractivity contribution is -0.169. The minimum absolute atomic E-state index is 0.0879.